The van der Waals surface area contributed by atoms with Crippen molar-refractivity contribution >= 4 is 23.2 Å². The number of nitrogen functional groups attached to an aromatic ring is 1. The summed E-state index contributed by atoms with van der Waals surface area (Å²) in [7, 11) is 0. The van der Waals surface area contributed by atoms with Crippen molar-refractivity contribution in [1.82, 2.24) is 14.4 Å². The lowest BCUT2D eigenvalue weighted by atomic mass is 10.5. The molecule has 6 N–H and O–H groups in total. The number of hydrogen-bond acceptors (Lipinski definition) is 7. The van der Waals surface area contributed by atoms with Gasteiger partial charge in [-0.15, -0.1) is 0 Å². The number of nitrogens with two attached hydrogens (primary N) is 2. The van der Waals surface area contributed by atoms with E-state index in [1.807, 2.05) is 0 Å². The Balaban J connectivity index is 1.99. The minimum Gasteiger partial charge on any atom is -0.370 e. The summed E-state index contributed by atoms with van der Waals surface area (Å²) in [6.07, 6.45) is 5.16. The lowest BCUT2D eigenvalue weighted by molar-refractivity contribution is -0.122. The number of anilines is 2. The number of imidazole rings is 1. The molecule has 1 amide bonds. The smallest absolute Gasteiger partial charge is 0.243 e. The third-order valence-electron chi connectivity index (χ3n) is 2.31. The highest BCUT2D eigenvalue weighted by atomic mass is 16.5. The normalized spacial score (nSPS) is 10.6. The van der Waals surface area contributed by atoms with Crippen LogP contribution in [0.1, 0.15) is 0 Å². The van der Waals surface area contributed by atoms with Gasteiger partial charge in [0, 0.05) is 18.9 Å². The summed E-state index contributed by atoms with van der Waals surface area (Å²) in [5, 5.41) is 3.06. The third-order valence-corrected chi connectivity index (χ3v) is 2.31. The maximum absolute atomic E-state index is 10.5. The molecule has 0 fully saturated rings. The van der Waals surface area contributed by atoms with E-state index in [1.165, 1.54) is 0 Å². The van der Waals surface area contributed by atoms with Gasteiger partial charge in [-0.1, -0.05) is 0 Å². The Morgan fingerprint density at radius 3 is 3.11 bits per heavy atom. The molecule has 0 saturated carbocycles. The molecule has 0 bridgehead atoms. The van der Waals surface area contributed by atoms with E-state index in [4.69, 9.17) is 16.3 Å². The molecule has 0 radical (unpaired) electrons. The summed E-state index contributed by atoms with van der Waals surface area (Å²) in [5.41, 5.74) is 8.10. The van der Waals surface area contributed by atoms with Gasteiger partial charge in [-0.05, 0) is 0 Å². The Hall–Kier alpha value is -2.39. The molecular weight excluding hydrogens is 250 g/mol. The lowest BCUT2D eigenvalue weighted by Gasteiger charge is -2.09. The van der Waals surface area contributed by atoms with E-state index in [-0.39, 0.29) is 6.61 Å². The summed E-state index contributed by atoms with van der Waals surface area (Å²) < 4.78 is 6.82. The van der Waals surface area contributed by atoms with Crippen LogP contribution in [0.15, 0.2) is 18.6 Å². The van der Waals surface area contributed by atoms with Gasteiger partial charge in [0.05, 0.1) is 12.8 Å². The number of primary amides is 1. The fourth-order valence-electron chi connectivity index (χ4n) is 1.53. The number of ether oxygens (including phenoxy) is 1. The summed E-state index contributed by atoms with van der Waals surface area (Å²) in [5.74, 6) is 5.92. The van der Waals surface area contributed by atoms with Gasteiger partial charge in [0.25, 0.3) is 0 Å². The van der Waals surface area contributed by atoms with Gasteiger partial charge in [-0.2, -0.15) is 0 Å². The van der Waals surface area contributed by atoms with Crippen LogP contribution in [0.4, 0.5) is 11.6 Å². The summed E-state index contributed by atoms with van der Waals surface area (Å²) >= 11 is 0. The van der Waals surface area contributed by atoms with E-state index in [9.17, 15) is 4.79 Å². The van der Waals surface area contributed by atoms with E-state index >= 15 is 0 Å². The SMILES string of the molecule is NNc1cn2ccnc2c(NCCOCC(N)=O)n1. The maximum Gasteiger partial charge on any atom is 0.243 e. The second kappa shape index (κ2) is 5.98. The number of carbonyl (C=O) groups is 1. The first-order valence-corrected chi connectivity index (χ1v) is 5.61. The van der Waals surface area contributed by atoms with Crippen molar-refractivity contribution in [2.45, 2.75) is 0 Å². The number of nitrogens with zero attached hydrogens (tertiary/aromatic N) is 3. The molecule has 2 rings (SSSR count). The number of fused-ring (bicyclic) bond motifs is 1. The van der Waals surface area contributed by atoms with Crippen LogP contribution < -0.4 is 22.3 Å². The van der Waals surface area contributed by atoms with Crippen LogP contribution in [0, 0.1) is 0 Å². The van der Waals surface area contributed by atoms with Gasteiger partial charge in [0.15, 0.2) is 17.3 Å². The number of nitrogens with one attached hydrogen (secondary N) is 2. The van der Waals surface area contributed by atoms with Gasteiger partial charge >= 0.3 is 0 Å². The standard InChI is InChI=1S/C10H15N7O2/c11-7(18)6-19-4-2-13-9-10-14-1-3-17(10)5-8(15-9)16-12/h1,3,5,16H,2,4,6,12H2,(H2,11,18)(H,13,15). The second-order valence-corrected chi connectivity index (χ2v) is 3.72. The average molecular weight is 265 g/mol. The molecule has 0 aliphatic rings. The molecule has 0 aliphatic heterocycles. The number of hydrazine groups is 1. The number of aromatic nitrogens is 3. The molecule has 0 saturated heterocycles. The predicted octanol–water partition coefficient (Wildman–Crippen LogP) is -1.07. The van der Waals surface area contributed by atoms with Crippen LogP contribution in [0.2, 0.25) is 0 Å². The first kappa shape index (κ1) is 13.1. The molecule has 0 aliphatic carbocycles. The molecule has 0 unspecified atom stereocenters. The fraction of sp³-hybridized carbons (Fsp3) is 0.300. The van der Waals surface area contributed by atoms with E-state index in [0.717, 1.165) is 0 Å². The minimum atomic E-state index is -0.497. The first-order valence-electron chi connectivity index (χ1n) is 5.61. The lowest BCUT2D eigenvalue weighted by Crippen LogP contribution is -2.21. The molecule has 102 valence electrons. The molecule has 2 aromatic heterocycles. The van der Waals surface area contributed by atoms with Crippen molar-refractivity contribution in [2.75, 3.05) is 30.5 Å². The highest BCUT2D eigenvalue weighted by Gasteiger charge is 2.06. The predicted molar refractivity (Wildman–Crippen MR) is 69.3 cm³/mol. The van der Waals surface area contributed by atoms with Crippen LogP contribution >= 0.6 is 0 Å². The third kappa shape index (κ3) is 3.30. The highest BCUT2D eigenvalue weighted by molar-refractivity contribution is 5.75. The monoisotopic (exact) mass is 265 g/mol. The molecule has 0 spiro atoms. The molecule has 2 heterocycles. The number of amides is 1. The van der Waals surface area contributed by atoms with Crippen LogP contribution in [0.5, 0.6) is 0 Å². The number of rotatable bonds is 7. The molecular formula is C10H15N7O2. The van der Waals surface area contributed by atoms with Crippen molar-refractivity contribution in [1.29, 1.82) is 0 Å². The maximum atomic E-state index is 10.5. The van der Waals surface area contributed by atoms with Crippen LogP contribution in [0.25, 0.3) is 5.65 Å². The minimum absolute atomic E-state index is 0.0989. The molecule has 19 heavy (non-hydrogen) atoms. The van der Waals surface area contributed by atoms with Gasteiger partial charge in [-0.25, -0.2) is 15.8 Å². The topological polar surface area (TPSA) is 133 Å². The zero-order valence-corrected chi connectivity index (χ0v) is 10.2. The fourth-order valence-corrected chi connectivity index (χ4v) is 1.53. The zero-order chi connectivity index (χ0) is 13.7. The largest absolute Gasteiger partial charge is 0.370 e. The van der Waals surface area contributed by atoms with Crippen LogP contribution in [-0.4, -0.2) is 40.0 Å². The summed E-state index contributed by atoms with van der Waals surface area (Å²) in [4.78, 5) is 18.9. The summed E-state index contributed by atoms with van der Waals surface area (Å²) in [6.45, 7) is 0.701. The molecule has 9 heteroatoms. The van der Waals surface area contributed by atoms with Crippen molar-refractivity contribution in [3.05, 3.63) is 18.6 Å². The Kier molecular flexibility index (Phi) is 4.11. The molecule has 2 aromatic rings. The Bertz CT molecular complexity index is 568. The number of hydrogen-bond donors (Lipinski definition) is 4. The van der Waals surface area contributed by atoms with Crippen LogP contribution in [-0.2, 0) is 9.53 Å². The number of carbonyl (C=O) groups excluding carboxylic acids is 1. The average Bonchev–Trinajstić information content (AvgIpc) is 2.85. The summed E-state index contributed by atoms with van der Waals surface area (Å²) in [6, 6.07) is 0. The van der Waals surface area contributed by atoms with Gasteiger partial charge < -0.3 is 25.6 Å². The molecule has 0 atom stereocenters. The van der Waals surface area contributed by atoms with Crippen LogP contribution in [0.3, 0.4) is 0 Å². The van der Waals surface area contributed by atoms with Crippen molar-refractivity contribution in [2.24, 2.45) is 11.6 Å². The Labute approximate surface area is 108 Å². The Morgan fingerprint density at radius 2 is 2.37 bits per heavy atom. The first-order chi connectivity index (χ1) is 9.20. The highest BCUT2D eigenvalue weighted by Crippen LogP contribution is 2.15. The van der Waals surface area contributed by atoms with E-state index in [2.05, 4.69) is 20.7 Å². The van der Waals surface area contributed by atoms with E-state index < -0.39 is 5.91 Å². The van der Waals surface area contributed by atoms with Gasteiger partial charge in [0.1, 0.15) is 6.61 Å². The van der Waals surface area contributed by atoms with E-state index in [1.54, 1.807) is 23.0 Å². The van der Waals surface area contributed by atoms with E-state index in [0.29, 0.717) is 30.4 Å². The quantitative estimate of drug-likeness (QED) is 0.284. The van der Waals surface area contributed by atoms with Crippen molar-refractivity contribution < 1.29 is 9.53 Å². The van der Waals surface area contributed by atoms with Gasteiger partial charge in [0.2, 0.25) is 5.91 Å². The van der Waals surface area contributed by atoms with Gasteiger partial charge in [-0.3, -0.25) is 4.79 Å². The zero-order valence-electron chi connectivity index (χ0n) is 10.2. The molecule has 0 aromatic carbocycles. The van der Waals surface area contributed by atoms with Crippen molar-refractivity contribution in [3.8, 4) is 0 Å². The second-order valence-electron chi connectivity index (χ2n) is 3.72. The molecule has 9 nitrogen and oxygen atoms in total. The van der Waals surface area contributed by atoms with Crippen molar-refractivity contribution in [3.63, 3.8) is 0 Å². The Morgan fingerprint density at radius 1 is 1.53 bits per heavy atom.